The molecule has 4 nitrogen and oxygen atoms in total. The lowest BCUT2D eigenvalue weighted by Gasteiger charge is -2.07. The fraction of sp³-hybridized carbons (Fsp3) is 0.125. The Kier molecular flexibility index (Phi) is 4.85. The van der Waals surface area contributed by atoms with Crippen molar-refractivity contribution in [3.05, 3.63) is 94.7 Å². The highest BCUT2D eigenvalue weighted by molar-refractivity contribution is 6.14. The van der Waals surface area contributed by atoms with Crippen LogP contribution in [0.1, 0.15) is 27.0 Å². The Morgan fingerprint density at radius 3 is 2.57 bits per heavy atom. The number of rotatable bonds is 5. The maximum Gasteiger partial charge on any atom is 0.231 e. The molecule has 0 fully saturated rings. The molecule has 1 heterocycles. The summed E-state index contributed by atoms with van der Waals surface area (Å²) in [6.07, 6.45) is 1.72. The highest BCUT2D eigenvalue weighted by atomic mass is 16.5. The molecule has 0 saturated heterocycles. The average Bonchev–Trinajstić information content (AvgIpc) is 3.02. The Morgan fingerprint density at radius 1 is 0.964 bits per heavy atom. The number of ether oxygens (including phenoxy) is 3. The van der Waals surface area contributed by atoms with Crippen molar-refractivity contribution in [2.75, 3.05) is 7.11 Å². The second kappa shape index (κ2) is 7.61. The zero-order valence-electron chi connectivity index (χ0n) is 15.8. The number of ketones is 1. The van der Waals surface area contributed by atoms with Gasteiger partial charge in [-0.05, 0) is 48.4 Å². The molecule has 28 heavy (non-hydrogen) atoms. The maximum atomic E-state index is 12.6. The first-order valence-electron chi connectivity index (χ1n) is 9.03. The predicted molar refractivity (Wildman–Crippen MR) is 108 cm³/mol. The number of fused-ring (bicyclic) bond motifs is 1. The molecule has 0 bridgehead atoms. The summed E-state index contributed by atoms with van der Waals surface area (Å²) < 4.78 is 16.9. The Morgan fingerprint density at radius 2 is 1.79 bits per heavy atom. The zero-order chi connectivity index (χ0) is 19.5. The number of Topliss-reactive ketones (excluding diaryl/α,β-unsaturated/α-hetero) is 1. The summed E-state index contributed by atoms with van der Waals surface area (Å²) in [4.78, 5) is 12.6. The molecule has 0 amide bonds. The van der Waals surface area contributed by atoms with Crippen LogP contribution in [0.25, 0.3) is 6.08 Å². The van der Waals surface area contributed by atoms with Crippen LogP contribution in [0.2, 0.25) is 0 Å². The van der Waals surface area contributed by atoms with Crippen molar-refractivity contribution in [2.24, 2.45) is 0 Å². The van der Waals surface area contributed by atoms with Crippen LogP contribution in [0, 0.1) is 6.92 Å². The summed E-state index contributed by atoms with van der Waals surface area (Å²) in [5.41, 5.74) is 3.67. The molecule has 4 rings (SSSR count). The molecular weight excluding hydrogens is 352 g/mol. The predicted octanol–water partition coefficient (Wildman–Crippen LogP) is 5.20. The van der Waals surface area contributed by atoms with E-state index < -0.39 is 0 Å². The SMILES string of the molecule is COc1cccc(C=C2Oc3cc(OCc4ccc(C)cc4)ccc3C2=O)c1. The van der Waals surface area contributed by atoms with Crippen molar-refractivity contribution in [1.29, 1.82) is 0 Å². The number of carbonyl (C=O) groups excluding carboxylic acids is 1. The van der Waals surface area contributed by atoms with Gasteiger partial charge < -0.3 is 14.2 Å². The van der Waals surface area contributed by atoms with Gasteiger partial charge in [0.15, 0.2) is 5.76 Å². The average molecular weight is 372 g/mol. The van der Waals surface area contributed by atoms with Crippen molar-refractivity contribution in [3.8, 4) is 17.2 Å². The summed E-state index contributed by atoms with van der Waals surface area (Å²) >= 11 is 0. The number of hydrogen-bond acceptors (Lipinski definition) is 4. The Labute approximate surface area is 164 Å². The summed E-state index contributed by atoms with van der Waals surface area (Å²) in [5, 5.41) is 0. The second-order valence-corrected chi connectivity index (χ2v) is 6.65. The first kappa shape index (κ1) is 17.9. The molecule has 0 N–H and O–H groups in total. The molecule has 0 spiro atoms. The maximum absolute atomic E-state index is 12.6. The van der Waals surface area contributed by atoms with Crippen molar-refractivity contribution in [2.45, 2.75) is 13.5 Å². The fourth-order valence-electron chi connectivity index (χ4n) is 2.99. The molecule has 0 radical (unpaired) electrons. The van der Waals surface area contributed by atoms with Crippen molar-refractivity contribution < 1.29 is 19.0 Å². The van der Waals surface area contributed by atoms with Crippen LogP contribution in [-0.4, -0.2) is 12.9 Å². The largest absolute Gasteiger partial charge is 0.497 e. The van der Waals surface area contributed by atoms with Crippen LogP contribution < -0.4 is 14.2 Å². The van der Waals surface area contributed by atoms with Crippen LogP contribution in [0.3, 0.4) is 0 Å². The Balaban J connectivity index is 1.50. The molecule has 1 aliphatic rings. The third-order valence-corrected chi connectivity index (χ3v) is 4.56. The molecule has 3 aromatic rings. The van der Waals surface area contributed by atoms with Crippen molar-refractivity contribution in [1.82, 2.24) is 0 Å². The normalized spacial score (nSPS) is 13.9. The van der Waals surface area contributed by atoms with Crippen LogP contribution in [0.4, 0.5) is 0 Å². The van der Waals surface area contributed by atoms with E-state index >= 15 is 0 Å². The standard InChI is InChI=1S/C24H20O4/c1-16-6-8-17(9-7-16)15-27-20-10-11-21-22(14-20)28-23(24(21)25)13-18-4-3-5-19(12-18)26-2/h3-14H,15H2,1-2H3. The minimum Gasteiger partial charge on any atom is -0.497 e. The summed E-state index contributed by atoms with van der Waals surface area (Å²) in [6, 6.07) is 21.0. The first-order valence-corrected chi connectivity index (χ1v) is 9.03. The topological polar surface area (TPSA) is 44.8 Å². The number of benzene rings is 3. The van der Waals surface area contributed by atoms with Gasteiger partial charge in [0.2, 0.25) is 5.78 Å². The van der Waals surface area contributed by atoms with Gasteiger partial charge in [0.25, 0.3) is 0 Å². The van der Waals surface area contributed by atoms with Crippen LogP contribution in [0.15, 0.2) is 72.5 Å². The van der Waals surface area contributed by atoms with Gasteiger partial charge in [-0.25, -0.2) is 0 Å². The molecule has 0 aromatic heterocycles. The van der Waals surface area contributed by atoms with E-state index in [0.717, 1.165) is 16.9 Å². The molecule has 0 saturated carbocycles. The molecular formula is C24H20O4. The number of hydrogen-bond donors (Lipinski definition) is 0. The van der Waals surface area contributed by atoms with E-state index in [0.29, 0.717) is 29.4 Å². The molecule has 140 valence electrons. The van der Waals surface area contributed by atoms with Gasteiger partial charge in [0, 0.05) is 6.07 Å². The van der Waals surface area contributed by atoms with E-state index in [1.165, 1.54) is 5.56 Å². The van der Waals surface area contributed by atoms with Gasteiger partial charge >= 0.3 is 0 Å². The quantitative estimate of drug-likeness (QED) is 0.578. The van der Waals surface area contributed by atoms with E-state index in [1.54, 1.807) is 31.4 Å². The van der Waals surface area contributed by atoms with Crippen LogP contribution in [0.5, 0.6) is 17.2 Å². The summed E-state index contributed by atoms with van der Waals surface area (Å²) in [7, 11) is 1.61. The highest BCUT2D eigenvalue weighted by Gasteiger charge is 2.27. The summed E-state index contributed by atoms with van der Waals surface area (Å²) in [6.45, 7) is 2.51. The second-order valence-electron chi connectivity index (χ2n) is 6.65. The molecule has 4 heteroatoms. The third-order valence-electron chi connectivity index (χ3n) is 4.56. The Bertz CT molecular complexity index is 1050. The fourth-order valence-corrected chi connectivity index (χ4v) is 2.99. The molecule has 0 aliphatic carbocycles. The van der Waals surface area contributed by atoms with Gasteiger partial charge in [-0.3, -0.25) is 4.79 Å². The summed E-state index contributed by atoms with van der Waals surface area (Å²) in [5.74, 6) is 2.06. The minimum absolute atomic E-state index is 0.136. The first-order chi connectivity index (χ1) is 13.6. The van der Waals surface area contributed by atoms with E-state index in [1.807, 2.05) is 36.4 Å². The number of allylic oxidation sites excluding steroid dienone is 1. The Hall–Kier alpha value is -3.53. The molecule has 3 aromatic carbocycles. The van der Waals surface area contributed by atoms with Crippen molar-refractivity contribution in [3.63, 3.8) is 0 Å². The van der Waals surface area contributed by atoms with Gasteiger partial charge in [0.05, 0.1) is 12.7 Å². The zero-order valence-corrected chi connectivity index (χ0v) is 15.8. The number of carbonyl (C=O) groups is 1. The van der Waals surface area contributed by atoms with Crippen LogP contribution >= 0.6 is 0 Å². The van der Waals surface area contributed by atoms with E-state index in [2.05, 4.69) is 19.1 Å². The molecule has 0 unspecified atom stereocenters. The minimum atomic E-state index is -0.136. The lowest BCUT2D eigenvalue weighted by molar-refractivity contribution is 0.101. The van der Waals surface area contributed by atoms with Gasteiger partial charge in [-0.15, -0.1) is 0 Å². The van der Waals surface area contributed by atoms with Crippen molar-refractivity contribution >= 4 is 11.9 Å². The highest BCUT2D eigenvalue weighted by Crippen LogP contribution is 2.35. The lowest BCUT2D eigenvalue weighted by Crippen LogP contribution is -1.98. The molecule has 0 atom stereocenters. The van der Waals surface area contributed by atoms with E-state index in [9.17, 15) is 4.79 Å². The third kappa shape index (κ3) is 3.76. The van der Waals surface area contributed by atoms with E-state index in [4.69, 9.17) is 14.2 Å². The molecule has 1 aliphatic heterocycles. The van der Waals surface area contributed by atoms with Crippen LogP contribution in [-0.2, 0) is 6.61 Å². The van der Waals surface area contributed by atoms with Gasteiger partial charge in [-0.1, -0.05) is 42.0 Å². The number of methoxy groups -OCH3 is 1. The number of aryl methyl sites for hydroxylation is 1. The van der Waals surface area contributed by atoms with E-state index in [-0.39, 0.29) is 5.78 Å². The van der Waals surface area contributed by atoms with Gasteiger partial charge in [-0.2, -0.15) is 0 Å². The monoisotopic (exact) mass is 372 g/mol. The lowest BCUT2D eigenvalue weighted by atomic mass is 10.1. The van der Waals surface area contributed by atoms with Gasteiger partial charge in [0.1, 0.15) is 23.9 Å². The smallest absolute Gasteiger partial charge is 0.231 e.